The lowest BCUT2D eigenvalue weighted by atomic mass is 10.2. The molecule has 3 nitrogen and oxygen atoms in total. The van der Waals surface area contributed by atoms with Gasteiger partial charge in [-0.1, -0.05) is 19.8 Å². The van der Waals surface area contributed by atoms with Crippen molar-refractivity contribution < 1.29 is 0 Å². The molecule has 1 heterocycles. The highest BCUT2D eigenvalue weighted by Crippen LogP contribution is 2.21. The maximum atomic E-state index is 5.64. The second-order valence-electron chi connectivity index (χ2n) is 4.46. The highest BCUT2D eigenvalue weighted by molar-refractivity contribution is 9.10. The van der Waals surface area contributed by atoms with E-state index in [1.54, 1.807) is 0 Å². The summed E-state index contributed by atoms with van der Waals surface area (Å²) in [5.41, 5.74) is 2.36. The Hall–Kier alpha value is -0.0600. The molecule has 0 saturated carbocycles. The van der Waals surface area contributed by atoms with E-state index in [-0.39, 0.29) is 0 Å². The van der Waals surface area contributed by atoms with Crippen LogP contribution >= 0.6 is 27.5 Å². The van der Waals surface area contributed by atoms with E-state index in [1.165, 1.54) is 25.0 Å². The topological polar surface area (TPSA) is 29.9 Å². The fourth-order valence-electron chi connectivity index (χ4n) is 1.92. The van der Waals surface area contributed by atoms with Crippen LogP contribution in [-0.4, -0.2) is 22.2 Å². The van der Waals surface area contributed by atoms with Gasteiger partial charge < -0.3 is 5.32 Å². The molecule has 1 aromatic heterocycles. The second kappa shape index (κ2) is 8.94. The lowest BCUT2D eigenvalue weighted by Gasteiger charge is -2.05. The fraction of sp³-hybridized carbons (Fsp3) is 0.769. The molecule has 0 fully saturated rings. The van der Waals surface area contributed by atoms with Crippen molar-refractivity contribution in [1.82, 2.24) is 15.1 Å². The normalized spacial score (nSPS) is 11.1. The van der Waals surface area contributed by atoms with E-state index in [9.17, 15) is 0 Å². The molecule has 5 heteroatoms. The van der Waals surface area contributed by atoms with Gasteiger partial charge in [-0.2, -0.15) is 5.10 Å². The van der Waals surface area contributed by atoms with E-state index in [0.29, 0.717) is 0 Å². The molecule has 1 aromatic rings. The first kappa shape index (κ1) is 16.0. The summed E-state index contributed by atoms with van der Waals surface area (Å²) in [5, 5.41) is 7.96. The number of unbranched alkanes of at least 4 members (excludes halogenated alkanes) is 3. The quantitative estimate of drug-likeness (QED) is 0.551. The van der Waals surface area contributed by atoms with Crippen molar-refractivity contribution in [2.24, 2.45) is 7.05 Å². The Morgan fingerprint density at radius 1 is 1.28 bits per heavy atom. The minimum absolute atomic E-state index is 0.787. The molecule has 0 atom stereocenters. The smallest absolute Gasteiger partial charge is 0.0767 e. The number of halogens is 2. The second-order valence-corrected chi connectivity index (χ2v) is 5.64. The van der Waals surface area contributed by atoms with Crippen LogP contribution in [0.3, 0.4) is 0 Å². The molecule has 0 saturated heterocycles. The predicted octanol–water partition coefficient (Wildman–Crippen LogP) is 3.63. The molecule has 0 radical (unpaired) electrons. The van der Waals surface area contributed by atoms with Gasteiger partial charge in [0.15, 0.2) is 0 Å². The Labute approximate surface area is 123 Å². The van der Waals surface area contributed by atoms with Gasteiger partial charge in [0.1, 0.15) is 0 Å². The van der Waals surface area contributed by atoms with Gasteiger partial charge >= 0.3 is 0 Å². The molecule has 1 N–H and O–H groups in total. The Balaban J connectivity index is 2.25. The highest BCUT2D eigenvalue weighted by atomic mass is 79.9. The minimum Gasteiger partial charge on any atom is -0.311 e. The number of aromatic nitrogens is 2. The van der Waals surface area contributed by atoms with E-state index >= 15 is 0 Å². The molecule has 0 aliphatic rings. The Kier molecular flexibility index (Phi) is 7.95. The number of nitrogens with zero attached hydrogens (tertiary/aromatic N) is 2. The van der Waals surface area contributed by atoms with Gasteiger partial charge in [0.2, 0.25) is 0 Å². The number of rotatable bonds is 9. The first-order valence-corrected chi connectivity index (χ1v) is 8.00. The van der Waals surface area contributed by atoms with E-state index in [2.05, 4.69) is 33.3 Å². The maximum Gasteiger partial charge on any atom is 0.0767 e. The van der Waals surface area contributed by atoms with E-state index in [1.807, 2.05) is 11.7 Å². The molecule has 0 aliphatic heterocycles. The molecule has 0 bridgehead atoms. The number of nitrogens with one attached hydrogen (secondary N) is 1. The van der Waals surface area contributed by atoms with Crippen LogP contribution in [0.4, 0.5) is 0 Å². The summed E-state index contributed by atoms with van der Waals surface area (Å²) in [6.45, 7) is 4.06. The van der Waals surface area contributed by atoms with Crippen molar-refractivity contribution in [2.45, 2.75) is 45.6 Å². The Morgan fingerprint density at radius 2 is 2.00 bits per heavy atom. The average molecular weight is 337 g/mol. The van der Waals surface area contributed by atoms with E-state index in [4.69, 9.17) is 11.6 Å². The summed E-state index contributed by atoms with van der Waals surface area (Å²) in [5.74, 6) is 0.787. The summed E-state index contributed by atoms with van der Waals surface area (Å²) < 4.78 is 3.12. The van der Waals surface area contributed by atoms with Gasteiger partial charge in [-0.05, 0) is 41.7 Å². The Morgan fingerprint density at radius 3 is 2.61 bits per heavy atom. The monoisotopic (exact) mass is 335 g/mol. The van der Waals surface area contributed by atoms with Crippen LogP contribution in [0.15, 0.2) is 4.47 Å². The van der Waals surface area contributed by atoms with Gasteiger partial charge in [0.25, 0.3) is 0 Å². The van der Waals surface area contributed by atoms with Crippen LogP contribution in [-0.2, 0) is 20.0 Å². The standard InChI is InChI=1S/C13H23BrClN3/c1-3-11-13(14)12(18(2)17-11)10-16-9-7-5-4-6-8-15/h16H,3-10H2,1-2H3. The van der Waals surface area contributed by atoms with E-state index in [0.717, 1.165) is 42.0 Å². The molecular formula is C13H23BrClN3. The van der Waals surface area contributed by atoms with Gasteiger partial charge in [0, 0.05) is 19.5 Å². The lowest BCUT2D eigenvalue weighted by Crippen LogP contribution is -2.17. The van der Waals surface area contributed by atoms with Crippen molar-refractivity contribution >= 4 is 27.5 Å². The first-order chi connectivity index (χ1) is 8.70. The highest BCUT2D eigenvalue weighted by Gasteiger charge is 2.11. The summed E-state index contributed by atoms with van der Waals surface area (Å²) in [6.07, 6.45) is 5.81. The molecule has 0 spiro atoms. The SMILES string of the molecule is CCc1nn(C)c(CNCCCCCCCl)c1Br. The van der Waals surface area contributed by atoms with Crippen molar-refractivity contribution in [3.8, 4) is 0 Å². The number of hydrogen-bond donors (Lipinski definition) is 1. The predicted molar refractivity (Wildman–Crippen MR) is 81.2 cm³/mol. The van der Waals surface area contributed by atoms with Crippen molar-refractivity contribution in [3.05, 3.63) is 15.9 Å². The van der Waals surface area contributed by atoms with Gasteiger partial charge in [-0.15, -0.1) is 11.6 Å². The van der Waals surface area contributed by atoms with Crippen LogP contribution in [0.25, 0.3) is 0 Å². The number of alkyl halides is 1. The molecule has 104 valence electrons. The van der Waals surface area contributed by atoms with Crippen LogP contribution in [0, 0.1) is 0 Å². The Bertz CT molecular complexity index is 352. The van der Waals surface area contributed by atoms with Crippen LogP contribution in [0.1, 0.15) is 44.0 Å². The first-order valence-electron chi connectivity index (χ1n) is 6.67. The summed E-state index contributed by atoms with van der Waals surface area (Å²) in [4.78, 5) is 0. The van der Waals surface area contributed by atoms with Crippen LogP contribution in [0.2, 0.25) is 0 Å². The molecule has 1 rings (SSSR count). The summed E-state index contributed by atoms with van der Waals surface area (Å²) in [6, 6.07) is 0. The average Bonchev–Trinajstić information content (AvgIpc) is 2.64. The summed E-state index contributed by atoms with van der Waals surface area (Å²) in [7, 11) is 2.00. The molecule has 0 amide bonds. The zero-order valence-electron chi connectivity index (χ0n) is 11.3. The van der Waals surface area contributed by atoms with Crippen molar-refractivity contribution in [3.63, 3.8) is 0 Å². The third kappa shape index (κ3) is 4.90. The fourth-order valence-corrected chi connectivity index (χ4v) is 2.86. The van der Waals surface area contributed by atoms with Gasteiger partial charge in [-0.3, -0.25) is 4.68 Å². The van der Waals surface area contributed by atoms with E-state index < -0.39 is 0 Å². The minimum atomic E-state index is 0.787. The van der Waals surface area contributed by atoms with Crippen molar-refractivity contribution in [2.75, 3.05) is 12.4 Å². The maximum absolute atomic E-state index is 5.64. The zero-order valence-corrected chi connectivity index (χ0v) is 13.6. The van der Waals surface area contributed by atoms with Crippen molar-refractivity contribution in [1.29, 1.82) is 0 Å². The zero-order chi connectivity index (χ0) is 13.4. The number of hydrogen-bond acceptors (Lipinski definition) is 2. The number of aryl methyl sites for hydroxylation is 2. The van der Waals surface area contributed by atoms with Crippen LogP contribution in [0.5, 0.6) is 0 Å². The molecule has 0 aromatic carbocycles. The van der Waals surface area contributed by atoms with Gasteiger partial charge in [0.05, 0.1) is 15.9 Å². The molecule has 18 heavy (non-hydrogen) atoms. The third-order valence-electron chi connectivity index (χ3n) is 3.03. The molecule has 0 aliphatic carbocycles. The largest absolute Gasteiger partial charge is 0.311 e. The third-order valence-corrected chi connectivity index (χ3v) is 4.22. The molecular weight excluding hydrogens is 314 g/mol. The lowest BCUT2D eigenvalue weighted by molar-refractivity contribution is 0.576. The van der Waals surface area contributed by atoms with Gasteiger partial charge in [-0.25, -0.2) is 0 Å². The molecule has 0 unspecified atom stereocenters. The van der Waals surface area contributed by atoms with Crippen LogP contribution < -0.4 is 5.32 Å². The summed E-state index contributed by atoms with van der Waals surface area (Å²) >= 11 is 9.27.